The number of Topliss-reactive ketones (excluding diaryl/α,β-unsaturated/α-hetero) is 1. The molecule has 1 unspecified atom stereocenters. The first-order valence-electron chi connectivity index (χ1n) is 11.5. The van der Waals surface area contributed by atoms with Crippen LogP contribution in [0.2, 0.25) is 0 Å². The van der Waals surface area contributed by atoms with Crippen molar-refractivity contribution in [3.8, 4) is 0 Å². The van der Waals surface area contributed by atoms with Crippen LogP contribution in [0.5, 0.6) is 0 Å². The second-order valence-corrected chi connectivity index (χ2v) is 10.4. The molecular formula is C23H37N3O3. The van der Waals surface area contributed by atoms with E-state index in [4.69, 9.17) is 10.6 Å². The van der Waals surface area contributed by atoms with Gasteiger partial charge in [0.15, 0.2) is 0 Å². The van der Waals surface area contributed by atoms with Crippen LogP contribution in [0, 0.1) is 34.5 Å². The fraction of sp³-hybridized carbons (Fsp3) is 0.870. The number of nitrogens with zero attached hydrogens (tertiary/aromatic N) is 1. The van der Waals surface area contributed by atoms with Gasteiger partial charge in [0, 0.05) is 31.3 Å². The molecule has 0 radical (unpaired) electrons. The van der Waals surface area contributed by atoms with Crippen molar-refractivity contribution in [2.45, 2.75) is 78.2 Å². The van der Waals surface area contributed by atoms with Crippen LogP contribution in [-0.4, -0.2) is 36.6 Å². The summed E-state index contributed by atoms with van der Waals surface area (Å²) in [4.78, 5) is 30.1. The van der Waals surface area contributed by atoms with E-state index in [1.54, 1.807) is 6.92 Å². The Kier molecular flexibility index (Phi) is 5.51. The van der Waals surface area contributed by atoms with Crippen molar-refractivity contribution in [2.24, 2.45) is 45.4 Å². The Balaban J connectivity index is 1.63. The summed E-state index contributed by atoms with van der Waals surface area (Å²) in [6, 6.07) is 0.150. The second-order valence-electron chi connectivity index (χ2n) is 10.4. The zero-order valence-electron chi connectivity index (χ0n) is 18.2. The third kappa shape index (κ3) is 3.41. The van der Waals surface area contributed by atoms with Gasteiger partial charge in [-0.25, -0.2) is 0 Å². The number of carbonyl (C=O) groups excluding carboxylic acids is 2. The number of amides is 1. The van der Waals surface area contributed by atoms with E-state index in [9.17, 15) is 9.59 Å². The Morgan fingerprint density at radius 3 is 2.72 bits per heavy atom. The maximum Gasteiger partial charge on any atom is 0.217 e. The molecule has 1 amide bonds. The summed E-state index contributed by atoms with van der Waals surface area (Å²) >= 11 is 0. The highest BCUT2D eigenvalue weighted by Crippen LogP contribution is 2.65. The molecule has 6 heteroatoms. The van der Waals surface area contributed by atoms with Gasteiger partial charge in [0.05, 0.1) is 5.71 Å². The molecule has 4 rings (SSSR count). The van der Waals surface area contributed by atoms with Gasteiger partial charge >= 0.3 is 0 Å². The topological polar surface area (TPSA) is 93.8 Å². The summed E-state index contributed by atoms with van der Waals surface area (Å²) in [5.41, 5.74) is 6.66. The number of nitrogens with one attached hydrogen (secondary N) is 1. The van der Waals surface area contributed by atoms with Gasteiger partial charge in [0.1, 0.15) is 12.4 Å². The van der Waals surface area contributed by atoms with E-state index in [1.807, 2.05) is 0 Å². The number of hydrogen-bond acceptors (Lipinski definition) is 5. The van der Waals surface area contributed by atoms with Crippen LogP contribution in [0.3, 0.4) is 0 Å². The van der Waals surface area contributed by atoms with Crippen LogP contribution < -0.4 is 11.1 Å². The predicted octanol–water partition coefficient (Wildman–Crippen LogP) is 3.04. The van der Waals surface area contributed by atoms with Crippen LogP contribution in [0.1, 0.15) is 72.1 Å². The maximum atomic E-state index is 12.7. The van der Waals surface area contributed by atoms with Crippen molar-refractivity contribution in [2.75, 3.05) is 13.2 Å². The Morgan fingerprint density at radius 2 is 2.00 bits per heavy atom. The number of carbonyl (C=O) groups is 2. The minimum absolute atomic E-state index is 0.0420. The Morgan fingerprint density at radius 1 is 1.21 bits per heavy atom. The molecule has 4 fully saturated rings. The maximum absolute atomic E-state index is 12.7. The first kappa shape index (κ1) is 20.8. The fourth-order valence-corrected chi connectivity index (χ4v) is 7.61. The van der Waals surface area contributed by atoms with Crippen LogP contribution in [0.4, 0.5) is 0 Å². The Hall–Kier alpha value is -1.43. The molecule has 0 spiro atoms. The van der Waals surface area contributed by atoms with Crippen molar-refractivity contribution >= 4 is 17.4 Å². The summed E-state index contributed by atoms with van der Waals surface area (Å²) in [5.74, 6) is 2.53. The van der Waals surface area contributed by atoms with Gasteiger partial charge in [-0.05, 0) is 74.0 Å². The average Bonchev–Trinajstić information content (AvgIpc) is 2.97. The van der Waals surface area contributed by atoms with Crippen LogP contribution in [0.25, 0.3) is 0 Å². The summed E-state index contributed by atoms with van der Waals surface area (Å²) in [5, 5.41) is 7.66. The third-order valence-electron chi connectivity index (χ3n) is 9.05. The number of rotatable bonds is 4. The second kappa shape index (κ2) is 7.68. The number of fused-ring (bicyclic) bond motifs is 5. The monoisotopic (exact) mass is 403 g/mol. The minimum atomic E-state index is -0.136. The van der Waals surface area contributed by atoms with Crippen molar-refractivity contribution in [1.82, 2.24) is 5.32 Å². The lowest BCUT2D eigenvalue weighted by Crippen LogP contribution is -2.61. The van der Waals surface area contributed by atoms with E-state index in [2.05, 4.69) is 24.3 Å². The normalized spacial score (nSPS) is 45.3. The Bertz CT molecular complexity index is 707. The SMILES string of the molecule is CC(=O)N[C@H]1C[C@@H]2[C@H](CC[C@]3(C)C(=O)CC[C@@H]23)[C@@]2(C)CCC(=NOCCN)CC12. The van der Waals surface area contributed by atoms with E-state index in [1.165, 1.54) is 0 Å². The highest BCUT2D eigenvalue weighted by molar-refractivity contribution is 5.87. The molecule has 0 aromatic carbocycles. The van der Waals surface area contributed by atoms with Crippen LogP contribution in [0.15, 0.2) is 5.16 Å². The molecule has 7 atom stereocenters. The predicted molar refractivity (Wildman–Crippen MR) is 112 cm³/mol. The smallest absolute Gasteiger partial charge is 0.217 e. The summed E-state index contributed by atoms with van der Waals surface area (Å²) in [6.07, 6.45) is 7.86. The molecule has 4 aliphatic carbocycles. The van der Waals surface area contributed by atoms with Gasteiger partial charge in [-0.1, -0.05) is 19.0 Å². The molecule has 0 saturated heterocycles. The zero-order valence-corrected chi connectivity index (χ0v) is 18.2. The Labute approximate surface area is 174 Å². The summed E-state index contributed by atoms with van der Waals surface area (Å²) in [7, 11) is 0. The van der Waals surface area contributed by atoms with E-state index < -0.39 is 0 Å². The number of ketones is 1. The molecule has 0 aromatic rings. The minimum Gasteiger partial charge on any atom is -0.395 e. The lowest BCUT2D eigenvalue weighted by Gasteiger charge is -2.61. The lowest BCUT2D eigenvalue weighted by atomic mass is 9.44. The van der Waals surface area contributed by atoms with E-state index in [0.29, 0.717) is 42.6 Å². The largest absolute Gasteiger partial charge is 0.395 e. The number of oxime groups is 1. The molecule has 6 nitrogen and oxygen atoms in total. The lowest BCUT2D eigenvalue weighted by molar-refractivity contribution is -0.141. The molecule has 4 saturated carbocycles. The van der Waals surface area contributed by atoms with Gasteiger partial charge < -0.3 is 15.9 Å². The first-order chi connectivity index (χ1) is 13.8. The van der Waals surface area contributed by atoms with E-state index in [-0.39, 0.29) is 22.8 Å². The van der Waals surface area contributed by atoms with Crippen molar-refractivity contribution in [3.63, 3.8) is 0 Å². The zero-order chi connectivity index (χ0) is 20.8. The number of hydrogen-bond donors (Lipinski definition) is 2. The molecule has 0 heterocycles. The van der Waals surface area contributed by atoms with Gasteiger partial charge in [-0.15, -0.1) is 0 Å². The standard InChI is InChI=1S/C23H37N3O3/c1-14(27)25-20-13-16-17-4-5-21(28)23(17,3)9-7-18(16)22(2)8-6-15(12-19(20)22)26-29-11-10-24/h16-20H,4-13,24H2,1-3H3,(H,25,27)/t16-,17-,18-,19?,20-,22+,23-/m0/s1. The fourth-order valence-electron chi connectivity index (χ4n) is 7.61. The first-order valence-corrected chi connectivity index (χ1v) is 11.5. The quantitative estimate of drug-likeness (QED) is 0.557. The van der Waals surface area contributed by atoms with Crippen LogP contribution in [-0.2, 0) is 14.4 Å². The molecular weight excluding hydrogens is 366 g/mol. The van der Waals surface area contributed by atoms with E-state index >= 15 is 0 Å². The summed E-state index contributed by atoms with van der Waals surface area (Å²) in [6.45, 7) is 7.19. The summed E-state index contributed by atoms with van der Waals surface area (Å²) < 4.78 is 0. The molecule has 4 aliphatic rings. The van der Waals surface area contributed by atoms with Gasteiger partial charge in [-0.2, -0.15) is 0 Å². The molecule has 0 aliphatic heterocycles. The van der Waals surface area contributed by atoms with E-state index in [0.717, 1.165) is 57.1 Å². The van der Waals surface area contributed by atoms with Crippen molar-refractivity contribution in [1.29, 1.82) is 0 Å². The number of nitrogens with two attached hydrogens (primary N) is 1. The third-order valence-corrected chi connectivity index (χ3v) is 9.05. The van der Waals surface area contributed by atoms with Gasteiger partial charge in [0.2, 0.25) is 5.91 Å². The molecule has 0 bridgehead atoms. The van der Waals surface area contributed by atoms with Gasteiger partial charge in [-0.3, -0.25) is 9.59 Å². The van der Waals surface area contributed by atoms with Crippen molar-refractivity contribution in [3.05, 3.63) is 0 Å². The highest BCUT2D eigenvalue weighted by atomic mass is 16.6. The molecule has 0 aromatic heterocycles. The average molecular weight is 404 g/mol. The molecule has 29 heavy (non-hydrogen) atoms. The van der Waals surface area contributed by atoms with Crippen molar-refractivity contribution < 1.29 is 14.4 Å². The highest BCUT2D eigenvalue weighted by Gasteiger charge is 2.62. The van der Waals surface area contributed by atoms with Crippen LogP contribution >= 0.6 is 0 Å². The van der Waals surface area contributed by atoms with Gasteiger partial charge in [0.25, 0.3) is 0 Å². The molecule has 162 valence electrons. The molecule has 3 N–H and O–H groups in total.